The Labute approximate surface area is 145 Å². The first-order chi connectivity index (χ1) is 11.3. The number of benzene rings is 2. The molecule has 1 heterocycles. The maximum absolute atomic E-state index is 12.8. The van der Waals surface area contributed by atoms with E-state index in [0.717, 1.165) is 17.0 Å². The molecule has 0 unspecified atom stereocenters. The fourth-order valence-corrected chi connectivity index (χ4v) is 3.64. The molecule has 1 N–H and O–H groups in total. The van der Waals surface area contributed by atoms with Crippen LogP contribution in [0.3, 0.4) is 0 Å². The van der Waals surface area contributed by atoms with Gasteiger partial charge in [0.1, 0.15) is 0 Å². The van der Waals surface area contributed by atoms with Crippen LogP contribution in [0.2, 0.25) is 5.02 Å². The number of halogens is 4. The molecule has 0 radical (unpaired) electrons. The molecule has 1 aliphatic heterocycles. The summed E-state index contributed by atoms with van der Waals surface area (Å²) in [5.74, 6) is 0.684. The van der Waals surface area contributed by atoms with E-state index in [4.69, 9.17) is 11.6 Å². The van der Waals surface area contributed by atoms with Crippen molar-refractivity contribution in [2.75, 3.05) is 22.5 Å². The molecule has 2 aromatic rings. The van der Waals surface area contributed by atoms with Gasteiger partial charge in [-0.1, -0.05) is 17.7 Å². The molecule has 8 heteroatoms. The molecule has 126 valence electrons. The standard InChI is InChI=1S/C16H12ClF3N2OS/c17-11-4-5-13-14(9-11)24-7-6-22(13)15(23)21-12-3-1-2-10(8-12)16(18,19)20/h1-5,8-9H,6-7H2,(H,21,23). The second-order valence-electron chi connectivity index (χ2n) is 5.12. The number of urea groups is 1. The summed E-state index contributed by atoms with van der Waals surface area (Å²) in [6.07, 6.45) is -4.45. The number of carbonyl (C=O) groups is 1. The zero-order valence-corrected chi connectivity index (χ0v) is 13.8. The largest absolute Gasteiger partial charge is 0.416 e. The van der Waals surface area contributed by atoms with Gasteiger partial charge in [0, 0.05) is 27.9 Å². The van der Waals surface area contributed by atoms with Crippen molar-refractivity contribution in [2.24, 2.45) is 0 Å². The van der Waals surface area contributed by atoms with Gasteiger partial charge in [0.25, 0.3) is 0 Å². The van der Waals surface area contributed by atoms with Crippen molar-refractivity contribution in [3.8, 4) is 0 Å². The van der Waals surface area contributed by atoms with Crippen LogP contribution in [0.15, 0.2) is 47.4 Å². The second-order valence-corrected chi connectivity index (χ2v) is 6.69. The minimum absolute atomic E-state index is 0.101. The Bertz CT molecular complexity index is 782. The monoisotopic (exact) mass is 372 g/mol. The highest BCUT2D eigenvalue weighted by molar-refractivity contribution is 7.99. The van der Waals surface area contributed by atoms with Gasteiger partial charge in [0.2, 0.25) is 0 Å². The molecule has 0 bridgehead atoms. The quantitative estimate of drug-likeness (QED) is 0.716. The number of nitrogens with zero attached hydrogens (tertiary/aromatic N) is 1. The zero-order valence-electron chi connectivity index (χ0n) is 12.2. The number of hydrogen-bond acceptors (Lipinski definition) is 2. The Morgan fingerprint density at radius 2 is 2.00 bits per heavy atom. The van der Waals surface area contributed by atoms with E-state index >= 15 is 0 Å². The summed E-state index contributed by atoms with van der Waals surface area (Å²) in [6, 6.07) is 9.27. The number of anilines is 2. The van der Waals surface area contributed by atoms with Crippen molar-refractivity contribution in [1.29, 1.82) is 0 Å². The summed E-state index contributed by atoms with van der Waals surface area (Å²) in [5.41, 5.74) is -0.00891. The summed E-state index contributed by atoms with van der Waals surface area (Å²) < 4.78 is 38.3. The zero-order chi connectivity index (χ0) is 17.3. The Morgan fingerprint density at radius 3 is 2.75 bits per heavy atom. The summed E-state index contributed by atoms with van der Waals surface area (Å²) in [5, 5.41) is 3.10. The number of fused-ring (bicyclic) bond motifs is 1. The second kappa shape index (κ2) is 6.57. The average molecular weight is 373 g/mol. The first kappa shape index (κ1) is 17.0. The molecule has 0 fully saturated rings. The number of carbonyl (C=O) groups excluding carboxylic acids is 1. The van der Waals surface area contributed by atoms with E-state index in [-0.39, 0.29) is 5.69 Å². The first-order valence-electron chi connectivity index (χ1n) is 7.03. The fraction of sp³-hybridized carbons (Fsp3) is 0.188. The maximum atomic E-state index is 12.8. The molecule has 2 amide bonds. The summed E-state index contributed by atoms with van der Waals surface area (Å²) in [7, 11) is 0. The van der Waals surface area contributed by atoms with Crippen molar-refractivity contribution >= 4 is 40.8 Å². The van der Waals surface area contributed by atoms with Gasteiger partial charge in [0.15, 0.2) is 0 Å². The highest BCUT2D eigenvalue weighted by Gasteiger charge is 2.31. The third kappa shape index (κ3) is 3.62. The lowest BCUT2D eigenvalue weighted by Crippen LogP contribution is -2.38. The molecule has 0 aromatic heterocycles. The lowest BCUT2D eigenvalue weighted by Gasteiger charge is -2.29. The molecule has 0 atom stereocenters. The molecule has 3 rings (SSSR count). The normalized spacial score (nSPS) is 14.2. The average Bonchev–Trinajstić information content (AvgIpc) is 2.53. The molecule has 0 saturated heterocycles. The molecule has 0 spiro atoms. The summed E-state index contributed by atoms with van der Waals surface area (Å²) in [6.45, 7) is 0.462. The van der Waals surface area contributed by atoms with Crippen LogP contribution in [0.4, 0.5) is 29.3 Å². The number of rotatable bonds is 1. The van der Waals surface area contributed by atoms with Crippen molar-refractivity contribution in [1.82, 2.24) is 0 Å². The SMILES string of the molecule is O=C(Nc1cccc(C(F)(F)F)c1)N1CCSc2cc(Cl)ccc21. The predicted molar refractivity (Wildman–Crippen MR) is 90.0 cm³/mol. The van der Waals surface area contributed by atoms with Crippen LogP contribution in [0, 0.1) is 0 Å². The Morgan fingerprint density at radius 1 is 1.21 bits per heavy atom. The molecular weight excluding hydrogens is 361 g/mol. The summed E-state index contributed by atoms with van der Waals surface area (Å²) in [4.78, 5) is 14.8. The first-order valence-corrected chi connectivity index (χ1v) is 8.39. The van der Waals surface area contributed by atoms with Crippen molar-refractivity contribution < 1.29 is 18.0 Å². The van der Waals surface area contributed by atoms with Gasteiger partial charge >= 0.3 is 12.2 Å². The third-order valence-corrected chi connectivity index (χ3v) is 4.73. The highest BCUT2D eigenvalue weighted by atomic mass is 35.5. The van der Waals surface area contributed by atoms with Crippen molar-refractivity contribution in [2.45, 2.75) is 11.1 Å². The van der Waals surface area contributed by atoms with Crippen LogP contribution in [-0.4, -0.2) is 18.3 Å². The van der Waals surface area contributed by atoms with Crippen LogP contribution >= 0.6 is 23.4 Å². The topological polar surface area (TPSA) is 32.3 Å². The van der Waals surface area contributed by atoms with Crippen LogP contribution in [-0.2, 0) is 6.18 Å². The molecule has 24 heavy (non-hydrogen) atoms. The molecule has 2 aromatic carbocycles. The predicted octanol–water partition coefficient (Wildman–Crippen LogP) is 5.50. The van der Waals surface area contributed by atoms with Gasteiger partial charge in [-0.3, -0.25) is 4.90 Å². The van der Waals surface area contributed by atoms with Crippen LogP contribution in [0.1, 0.15) is 5.56 Å². The van der Waals surface area contributed by atoms with Crippen LogP contribution < -0.4 is 10.2 Å². The fourth-order valence-electron chi connectivity index (χ4n) is 2.37. The number of hydrogen-bond donors (Lipinski definition) is 1. The van der Waals surface area contributed by atoms with Crippen molar-refractivity contribution in [3.05, 3.63) is 53.1 Å². The Kier molecular flexibility index (Phi) is 4.64. The van der Waals surface area contributed by atoms with E-state index in [2.05, 4.69) is 5.32 Å². The van der Waals surface area contributed by atoms with E-state index in [1.807, 2.05) is 0 Å². The van der Waals surface area contributed by atoms with Crippen LogP contribution in [0.25, 0.3) is 0 Å². The van der Waals surface area contributed by atoms with Crippen LogP contribution in [0.5, 0.6) is 0 Å². The number of alkyl halides is 3. The molecule has 0 aliphatic carbocycles. The highest BCUT2D eigenvalue weighted by Crippen LogP contribution is 2.37. The minimum Gasteiger partial charge on any atom is -0.308 e. The molecular formula is C16H12ClF3N2OS. The maximum Gasteiger partial charge on any atom is 0.416 e. The van der Waals surface area contributed by atoms with Gasteiger partial charge in [-0.05, 0) is 36.4 Å². The van der Waals surface area contributed by atoms with Gasteiger partial charge in [0.05, 0.1) is 11.3 Å². The lowest BCUT2D eigenvalue weighted by molar-refractivity contribution is -0.137. The number of thioether (sulfide) groups is 1. The molecule has 3 nitrogen and oxygen atoms in total. The van der Waals surface area contributed by atoms with E-state index in [0.29, 0.717) is 23.0 Å². The van der Waals surface area contributed by atoms with Gasteiger partial charge in [-0.2, -0.15) is 13.2 Å². The number of amides is 2. The Balaban J connectivity index is 1.82. The molecule has 0 saturated carbocycles. The Hall–Kier alpha value is -1.86. The van der Waals surface area contributed by atoms with E-state index in [1.54, 1.807) is 30.0 Å². The smallest absolute Gasteiger partial charge is 0.308 e. The third-order valence-electron chi connectivity index (χ3n) is 3.47. The molecule has 1 aliphatic rings. The number of nitrogens with one attached hydrogen (secondary N) is 1. The van der Waals surface area contributed by atoms with Gasteiger partial charge in [-0.15, -0.1) is 11.8 Å². The summed E-state index contributed by atoms with van der Waals surface area (Å²) >= 11 is 7.54. The van der Waals surface area contributed by atoms with E-state index < -0.39 is 17.8 Å². The van der Waals surface area contributed by atoms with E-state index in [1.165, 1.54) is 17.0 Å². The van der Waals surface area contributed by atoms with Gasteiger partial charge < -0.3 is 5.32 Å². The lowest BCUT2D eigenvalue weighted by atomic mass is 10.2. The van der Waals surface area contributed by atoms with E-state index in [9.17, 15) is 18.0 Å². The van der Waals surface area contributed by atoms with Gasteiger partial charge in [-0.25, -0.2) is 4.79 Å². The van der Waals surface area contributed by atoms with Crippen molar-refractivity contribution in [3.63, 3.8) is 0 Å². The minimum atomic E-state index is -4.45.